The monoisotopic (exact) mass is 560 g/mol. The van der Waals surface area contributed by atoms with E-state index in [4.69, 9.17) is 15.8 Å². The molecule has 37 heavy (non-hydrogen) atoms. The Bertz CT molecular complexity index is 1350. The second-order valence-corrected chi connectivity index (χ2v) is 11.1. The molecule has 200 valence electrons. The minimum Gasteiger partial charge on any atom is -0.366 e. The van der Waals surface area contributed by atoms with E-state index in [1.807, 2.05) is 0 Å². The SMILES string of the molecule is Cc1cc(C(F)(F)F)cc(N2C(=O)C[C@@H]3CN(CCOS(C)(=O)=O)c4c(Cl)cccc4N(C)C(=O)[C@H]32)n1. The number of hydrogen-bond acceptors (Lipinski definition) is 7. The number of rotatable bonds is 5. The molecule has 2 aliphatic heterocycles. The van der Waals surface area contributed by atoms with Crippen molar-refractivity contribution in [1.82, 2.24) is 4.98 Å². The molecule has 2 aliphatic rings. The number of anilines is 3. The van der Waals surface area contributed by atoms with Crippen molar-refractivity contribution < 1.29 is 35.4 Å². The van der Waals surface area contributed by atoms with Gasteiger partial charge in [0.1, 0.15) is 11.9 Å². The van der Waals surface area contributed by atoms with Gasteiger partial charge < -0.3 is 9.80 Å². The highest BCUT2D eigenvalue weighted by atomic mass is 35.5. The Labute approximate surface area is 216 Å². The molecule has 4 rings (SSSR count). The smallest absolute Gasteiger partial charge is 0.366 e. The lowest BCUT2D eigenvalue weighted by Gasteiger charge is -2.39. The predicted molar refractivity (Wildman–Crippen MR) is 131 cm³/mol. The van der Waals surface area contributed by atoms with Crippen LogP contribution in [-0.4, -0.2) is 64.3 Å². The summed E-state index contributed by atoms with van der Waals surface area (Å²) in [6, 6.07) is 5.38. The highest BCUT2D eigenvalue weighted by Gasteiger charge is 2.49. The van der Waals surface area contributed by atoms with E-state index in [0.717, 1.165) is 23.3 Å². The molecular formula is C23H24ClF3N4O5S. The van der Waals surface area contributed by atoms with Crippen molar-refractivity contribution in [3.63, 3.8) is 0 Å². The summed E-state index contributed by atoms with van der Waals surface area (Å²) in [4.78, 5) is 35.1. The molecule has 1 aromatic heterocycles. The molecule has 0 radical (unpaired) electrons. The molecule has 0 aliphatic carbocycles. The minimum absolute atomic E-state index is 0.0457. The number of likely N-dealkylation sites (N-methyl/N-ethyl adjacent to an activating group) is 1. The number of amides is 2. The maximum absolute atomic E-state index is 13.7. The van der Waals surface area contributed by atoms with Crippen LogP contribution in [0.25, 0.3) is 0 Å². The third kappa shape index (κ3) is 5.53. The maximum Gasteiger partial charge on any atom is 0.416 e. The fourth-order valence-electron chi connectivity index (χ4n) is 4.77. The van der Waals surface area contributed by atoms with E-state index in [1.165, 1.54) is 18.9 Å². The van der Waals surface area contributed by atoms with Gasteiger partial charge >= 0.3 is 6.18 Å². The average molecular weight is 561 g/mol. The number of alkyl halides is 3. The fourth-order valence-corrected chi connectivity index (χ4v) is 5.43. The van der Waals surface area contributed by atoms with Crippen molar-refractivity contribution in [2.45, 2.75) is 25.6 Å². The number of nitrogens with zero attached hydrogens (tertiary/aromatic N) is 4. The largest absolute Gasteiger partial charge is 0.416 e. The van der Waals surface area contributed by atoms with Gasteiger partial charge in [0.2, 0.25) is 11.8 Å². The molecule has 0 bridgehead atoms. The molecule has 0 unspecified atom stereocenters. The quantitative estimate of drug-likeness (QED) is 0.518. The van der Waals surface area contributed by atoms with Crippen molar-refractivity contribution >= 4 is 50.7 Å². The van der Waals surface area contributed by atoms with Crippen LogP contribution in [0.4, 0.5) is 30.4 Å². The van der Waals surface area contributed by atoms with Crippen LogP contribution in [0.5, 0.6) is 0 Å². The number of pyridine rings is 1. The predicted octanol–water partition coefficient (Wildman–Crippen LogP) is 3.24. The Balaban J connectivity index is 1.79. The molecule has 14 heteroatoms. The number of benzene rings is 1. The van der Waals surface area contributed by atoms with Gasteiger partial charge in [0.05, 0.1) is 34.8 Å². The lowest BCUT2D eigenvalue weighted by molar-refractivity contribution is -0.137. The fraction of sp³-hybridized carbons (Fsp3) is 0.435. The lowest BCUT2D eigenvalue weighted by Crippen LogP contribution is -2.52. The number of carbonyl (C=O) groups excluding carboxylic acids is 2. The third-order valence-electron chi connectivity index (χ3n) is 6.28. The molecule has 2 aromatic rings. The normalized spacial score (nSPS) is 20.6. The van der Waals surface area contributed by atoms with Crippen LogP contribution in [0.3, 0.4) is 0 Å². The van der Waals surface area contributed by atoms with Crippen LogP contribution in [0.15, 0.2) is 30.3 Å². The Morgan fingerprint density at radius 1 is 1.22 bits per heavy atom. The van der Waals surface area contributed by atoms with Gasteiger partial charge in [0.15, 0.2) is 0 Å². The number of hydrogen-bond donors (Lipinski definition) is 0. The Hall–Kier alpha value is -2.90. The van der Waals surface area contributed by atoms with Gasteiger partial charge in [0.25, 0.3) is 10.1 Å². The highest BCUT2D eigenvalue weighted by molar-refractivity contribution is 7.85. The first-order chi connectivity index (χ1) is 17.2. The molecule has 3 heterocycles. The van der Waals surface area contributed by atoms with Gasteiger partial charge in [-0.05, 0) is 31.2 Å². The van der Waals surface area contributed by atoms with Crippen LogP contribution in [0.2, 0.25) is 5.02 Å². The number of aryl methyl sites for hydroxylation is 1. The van der Waals surface area contributed by atoms with Crippen LogP contribution in [-0.2, 0) is 30.1 Å². The summed E-state index contributed by atoms with van der Waals surface area (Å²) in [5.41, 5.74) is -0.0868. The molecular weight excluding hydrogens is 537 g/mol. The van der Waals surface area contributed by atoms with Gasteiger partial charge in [-0.3, -0.25) is 18.7 Å². The zero-order valence-electron chi connectivity index (χ0n) is 20.1. The van der Waals surface area contributed by atoms with E-state index < -0.39 is 45.6 Å². The maximum atomic E-state index is 13.7. The summed E-state index contributed by atoms with van der Waals surface area (Å²) < 4.78 is 68.4. The Kier molecular flexibility index (Phi) is 7.16. The van der Waals surface area contributed by atoms with Gasteiger partial charge in [-0.2, -0.15) is 21.6 Å². The van der Waals surface area contributed by atoms with Crippen LogP contribution in [0, 0.1) is 12.8 Å². The van der Waals surface area contributed by atoms with Gasteiger partial charge in [-0.15, -0.1) is 0 Å². The van der Waals surface area contributed by atoms with E-state index in [1.54, 1.807) is 23.1 Å². The zero-order chi connectivity index (χ0) is 27.3. The second kappa shape index (κ2) is 9.76. The molecule has 1 aromatic carbocycles. The molecule has 1 fully saturated rings. The highest BCUT2D eigenvalue weighted by Crippen LogP contribution is 2.42. The molecule has 2 atom stereocenters. The van der Waals surface area contributed by atoms with Crippen LogP contribution >= 0.6 is 11.6 Å². The average Bonchev–Trinajstić information content (AvgIpc) is 3.10. The van der Waals surface area contributed by atoms with E-state index in [0.29, 0.717) is 16.4 Å². The summed E-state index contributed by atoms with van der Waals surface area (Å²) in [5.74, 6) is -1.97. The number of aromatic nitrogens is 1. The van der Waals surface area contributed by atoms with Gasteiger partial charge in [0, 0.05) is 38.2 Å². The van der Waals surface area contributed by atoms with E-state index in [-0.39, 0.29) is 37.6 Å². The number of carbonyl (C=O) groups is 2. The van der Waals surface area contributed by atoms with E-state index in [2.05, 4.69) is 4.98 Å². The molecule has 2 amide bonds. The van der Waals surface area contributed by atoms with Gasteiger partial charge in [-0.25, -0.2) is 4.98 Å². The number of para-hydroxylation sites is 1. The zero-order valence-corrected chi connectivity index (χ0v) is 21.7. The molecule has 0 saturated carbocycles. The van der Waals surface area contributed by atoms with Crippen LogP contribution in [0.1, 0.15) is 17.7 Å². The Morgan fingerprint density at radius 2 is 1.92 bits per heavy atom. The third-order valence-corrected chi connectivity index (χ3v) is 7.18. The lowest BCUT2D eigenvalue weighted by atomic mass is 9.95. The molecule has 1 saturated heterocycles. The first kappa shape index (κ1) is 27.1. The topological polar surface area (TPSA) is 100 Å². The van der Waals surface area contributed by atoms with E-state index >= 15 is 0 Å². The van der Waals surface area contributed by atoms with Crippen LogP contribution < -0.4 is 14.7 Å². The molecule has 9 nitrogen and oxygen atoms in total. The second-order valence-electron chi connectivity index (χ2n) is 9.00. The standard InChI is InChI=1S/C23H24ClF3N4O5S/c1-13-9-15(23(25,26)27)11-18(28-13)31-19(32)10-14-12-30(7-8-36-37(3,34)35)21-16(24)5-4-6-17(21)29(2)22(33)20(14)31/h4-6,9,11,14,20H,7-8,10,12H2,1-3H3/t14-,20+/m1/s1. The van der Waals surface area contributed by atoms with Crippen molar-refractivity contribution in [2.75, 3.05) is 47.7 Å². The number of fused-ring (bicyclic) bond motifs is 2. The van der Waals surface area contributed by atoms with Crippen molar-refractivity contribution in [2.24, 2.45) is 5.92 Å². The summed E-state index contributed by atoms with van der Waals surface area (Å²) in [6.07, 6.45) is -3.88. The number of halogens is 4. The Morgan fingerprint density at radius 3 is 2.57 bits per heavy atom. The first-order valence-electron chi connectivity index (χ1n) is 11.2. The van der Waals surface area contributed by atoms with Crippen molar-refractivity contribution in [3.8, 4) is 0 Å². The van der Waals surface area contributed by atoms with E-state index in [9.17, 15) is 31.2 Å². The summed E-state index contributed by atoms with van der Waals surface area (Å²) >= 11 is 6.49. The first-order valence-corrected chi connectivity index (χ1v) is 13.4. The van der Waals surface area contributed by atoms with Gasteiger partial charge in [-0.1, -0.05) is 17.7 Å². The molecule has 0 N–H and O–H groups in total. The minimum atomic E-state index is -4.67. The molecule has 0 spiro atoms. The van der Waals surface area contributed by atoms with Crippen molar-refractivity contribution in [3.05, 3.63) is 46.6 Å². The van der Waals surface area contributed by atoms with Crippen molar-refractivity contribution in [1.29, 1.82) is 0 Å². The summed E-state index contributed by atoms with van der Waals surface area (Å²) in [5, 5.41) is 0.298. The summed E-state index contributed by atoms with van der Waals surface area (Å²) in [6.45, 7) is 1.31. The summed E-state index contributed by atoms with van der Waals surface area (Å²) in [7, 11) is -2.24.